The molecule has 0 spiro atoms. The highest BCUT2D eigenvalue weighted by Crippen LogP contribution is 2.26. The van der Waals surface area contributed by atoms with Gasteiger partial charge in [-0.25, -0.2) is 14.3 Å². The molecule has 0 aromatic heterocycles. The van der Waals surface area contributed by atoms with Crippen molar-refractivity contribution < 1.29 is 23.7 Å². The van der Waals surface area contributed by atoms with E-state index in [0.717, 1.165) is 44.2 Å². The molecule has 1 unspecified atom stereocenters. The number of nitrogens with zero attached hydrogens (tertiary/aromatic N) is 4. The molecule has 3 aliphatic heterocycles. The molecule has 27 heavy (non-hydrogen) atoms. The lowest BCUT2D eigenvalue weighted by Gasteiger charge is -2.27. The maximum atomic E-state index is 12.8. The lowest BCUT2D eigenvalue weighted by molar-refractivity contribution is -0.473. The van der Waals surface area contributed by atoms with Gasteiger partial charge < -0.3 is 10.1 Å². The molecule has 1 atom stereocenters. The first-order valence-electron chi connectivity index (χ1n) is 9.45. The molecule has 0 saturated carbocycles. The molecule has 4 amide bonds. The van der Waals surface area contributed by atoms with Gasteiger partial charge in [-0.1, -0.05) is 6.92 Å². The van der Waals surface area contributed by atoms with Gasteiger partial charge in [-0.05, 0) is 12.5 Å². The minimum Gasteiger partial charge on any atom is -0.379 e. The first-order valence-corrected chi connectivity index (χ1v) is 9.45. The zero-order valence-corrected chi connectivity index (χ0v) is 16.2. The van der Waals surface area contributed by atoms with E-state index in [1.807, 2.05) is 6.92 Å². The van der Waals surface area contributed by atoms with Crippen molar-refractivity contribution in [3.05, 3.63) is 11.8 Å². The first kappa shape index (κ1) is 19.5. The van der Waals surface area contributed by atoms with Crippen molar-refractivity contribution in [2.24, 2.45) is 5.92 Å². The molecule has 3 rings (SSSR count). The molecule has 9 nitrogen and oxygen atoms in total. The second-order valence-electron chi connectivity index (χ2n) is 6.99. The monoisotopic (exact) mass is 378 g/mol. The fraction of sp³-hybridized carbons (Fsp3) is 0.667. The van der Waals surface area contributed by atoms with Gasteiger partial charge in [0.15, 0.2) is 11.6 Å². The predicted molar refractivity (Wildman–Crippen MR) is 98.2 cm³/mol. The van der Waals surface area contributed by atoms with Gasteiger partial charge in [0.2, 0.25) is 0 Å². The Hall–Kier alpha value is -2.26. The van der Waals surface area contributed by atoms with E-state index in [4.69, 9.17) is 4.74 Å². The van der Waals surface area contributed by atoms with Crippen LogP contribution in [0.15, 0.2) is 11.8 Å². The summed E-state index contributed by atoms with van der Waals surface area (Å²) in [6.45, 7) is 7.04. The summed E-state index contributed by atoms with van der Waals surface area (Å²) >= 11 is 0. The average Bonchev–Trinajstić information content (AvgIpc) is 3.05. The number of carbonyl (C=O) groups excluding carboxylic acids is 3. The first-order chi connectivity index (χ1) is 13.0. The van der Waals surface area contributed by atoms with E-state index in [0.29, 0.717) is 24.6 Å². The summed E-state index contributed by atoms with van der Waals surface area (Å²) in [5.41, 5.74) is 0.446. The Morgan fingerprint density at radius 3 is 2.63 bits per heavy atom. The number of amidine groups is 1. The van der Waals surface area contributed by atoms with E-state index >= 15 is 0 Å². The second kappa shape index (κ2) is 8.18. The van der Waals surface area contributed by atoms with Gasteiger partial charge in [-0.15, -0.1) is 0 Å². The van der Waals surface area contributed by atoms with E-state index in [1.165, 1.54) is 11.9 Å². The van der Waals surface area contributed by atoms with Crippen LogP contribution in [0.5, 0.6) is 0 Å². The van der Waals surface area contributed by atoms with Crippen LogP contribution in [0.4, 0.5) is 4.79 Å². The zero-order valence-electron chi connectivity index (χ0n) is 16.2. The summed E-state index contributed by atoms with van der Waals surface area (Å²) in [5, 5.41) is 2.95. The van der Waals surface area contributed by atoms with Gasteiger partial charge in [0, 0.05) is 33.2 Å². The van der Waals surface area contributed by atoms with E-state index in [2.05, 4.69) is 10.2 Å². The molecule has 1 N–H and O–H groups in total. The minimum absolute atomic E-state index is 0.213. The van der Waals surface area contributed by atoms with Crippen molar-refractivity contribution in [3.63, 3.8) is 0 Å². The third kappa shape index (κ3) is 3.74. The number of urea groups is 1. The fourth-order valence-electron chi connectivity index (χ4n) is 3.71. The lowest BCUT2D eigenvalue weighted by atomic mass is 10.0. The Morgan fingerprint density at radius 1 is 1.26 bits per heavy atom. The number of ether oxygens (including phenoxy) is 1. The van der Waals surface area contributed by atoms with Crippen molar-refractivity contribution in [2.45, 2.75) is 13.3 Å². The van der Waals surface area contributed by atoms with Gasteiger partial charge in [0.05, 0.1) is 26.8 Å². The Morgan fingerprint density at radius 2 is 1.96 bits per heavy atom. The van der Waals surface area contributed by atoms with Gasteiger partial charge in [-0.2, -0.15) is 4.90 Å². The van der Waals surface area contributed by atoms with Crippen LogP contribution in [0.2, 0.25) is 0 Å². The van der Waals surface area contributed by atoms with Gasteiger partial charge in [0.25, 0.3) is 17.6 Å². The van der Waals surface area contributed by atoms with Crippen LogP contribution in [0.25, 0.3) is 0 Å². The number of amides is 4. The Kier molecular flexibility index (Phi) is 5.91. The summed E-state index contributed by atoms with van der Waals surface area (Å²) in [4.78, 5) is 42.4. The number of carbonyl (C=O) groups is 3. The minimum atomic E-state index is -0.593. The number of hydrogen-bond donors (Lipinski definition) is 1. The highest BCUT2D eigenvalue weighted by atomic mass is 16.5. The summed E-state index contributed by atoms with van der Waals surface area (Å²) in [6.07, 6.45) is 2.47. The molecule has 2 fully saturated rings. The smallest absolute Gasteiger partial charge is 0.379 e. The molecule has 0 bridgehead atoms. The van der Waals surface area contributed by atoms with Crippen molar-refractivity contribution >= 4 is 23.7 Å². The normalized spacial score (nSPS) is 23.7. The maximum absolute atomic E-state index is 12.8. The molecule has 0 aromatic carbocycles. The summed E-state index contributed by atoms with van der Waals surface area (Å²) < 4.78 is 7.13. The predicted octanol–water partition coefficient (Wildman–Crippen LogP) is -0.707. The number of nitrogens with one attached hydrogen (secondary N) is 1. The van der Waals surface area contributed by atoms with Crippen LogP contribution in [0, 0.1) is 5.92 Å². The topological polar surface area (TPSA) is 85.2 Å². The number of hydrogen-bond acceptors (Lipinski definition) is 5. The molecule has 9 heteroatoms. The largest absolute Gasteiger partial charge is 0.417 e. The second-order valence-corrected chi connectivity index (χ2v) is 6.99. The van der Waals surface area contributed by atoms with Gasteiger partial charge >= 0.3 is 6.03 Å². The molecular formula is C18H28N5O4+. The molecule has 3 heterocycles. The molecule has 148 valence electrons. The van der Waals surface area contributed by atoms with Crippen molar-refractivity contribution in [2.75, 3.05) is 60.0 Å². The molecule has 3 aliphatic rings. The SMILES string of the molecule is CCC[N+]1=C2C(C=C1C(=O)NCCN1CCOCC1)C(=O)N(C)C(=O)N2C. The Labute approximate surface area is 159 Å². The third-order valence-electron chi connectivity index (χ3n) is 5.18. The zero-order chi connectivity index (χ0) is 19.6. The molecule has 0 aromatic rings. The summed E-state index contributed by atoms with van der Waals surface area (Å²) in [5.74, 6) is -0.534. The number of rotatable bonds is 6. The standard InChI is InChI=1S/C18H27N5O4/c1-4-6-23-14(15(24)19-5-7-22-8-10-27-11-9-22)12-13-16(23)20(2)18(26)21(3)17(13)25/h12-13H,4-11H2,1-3H3/p+1. The van der Waals surface area contributed by atoms with Crippen molar-refractivity contribution in [1.82, 2.24) is 20.0 Å². The summed E-state index contributed by atoms with van der Waals surface area (Å²) in [6, 6.07) is -0.380. The van der Waals surface area contributed by atoms with Crippen LogP contribution in [0.3, 0.4) is 0 Å². The molecule has 0 aliphatic carbocycles. The lowest BCUT2D eigenvalue weighted by Crippen LogP contribution is -2.57. The van der Waals surface area contributed by atoms with Crippen LogP contribution in [-0.4, -0.2) is 103 Å². The average molecular weight is 378 g/mol. The van der Waals surface area contributed by atoms with E-state index in [-0.39, 0.29) is 17.8 Å². The summed E-state index contributed by atoms with van der Waals surface area (Å²) in [7, 11) is 3.11. The highest BCUT2D eigenvalue weighted by Gasteiger charge is 2.51. The van der Waals surface area contributed by atoms with E-state index < -0.39 is 5.92 Å². The van der Waals surface area contributed by atoms with Gasteiger partial charge in [-0.3, -0.25) is 14.5 Å². The number of fused-ring (bicyclic) bond motifs is 1. The van der Waals surface area contributed by atoms with Crippen LogP contribution >= 0.6 is 0 Å². The van der Waals surface area contributed by atoms with Crippen LogP contribution in [0.1, 0.15) is 13.3 Å². The van der Waals surface area contributed by atoms with Crippen molar-refractivity contribution in [1.29, 1.82) is 0 Å². The van der Waals surface area contributed by atoms with Crippen LogP contribution < -0.4 is 5.32 Å². The maximum Gasteiger partial charge on any atom is 0.417 e. The molecular weight excluding hydrogens is 350 g/mol. The third-order valence-corrected chi connectivity index (χ3v) is 5.18. The van der Waals surface area contributed by atoms with E-state index in [1.54, 1.807) is 17.7 Å². The quantitative estimate of drug-likeness (QED) is 0.618. The Bertz CT molecular complexity index is 696. The molecule has 2 saturated heterocycles. The van der Waals surface area contributed by atoms with Gasteiger partial charge in [0.1, 0.15) is 0 Å². The van der Waals surface area contributed by atoms with E-state index in [9.17, 15) is 14.4 Å². The highest BCUT2D eigenvalue weighted by molar-refractivity contribution is 6.19. The fourth-order valence-corrected chi connectivity index (χ4v) is 3.71. The number of imide groups is 1. The number of morpholine rings is 1. The van der Waals surface area contributed by atoms with Crippen LogP contribution in [-0.2, 0) is 14.3 Å². The Balaban J connectivity index is 1.73. The van der Waals surface area contributed by atoms with Crippen molar-refractivity contribution in [3.8, 4) is 0 Å². The molecule has 0 radical (unpaired) electrons.